The number of rotatable bonds is 6. The van der Waals surface area contributed by atoms with Crippen molar-refractivity contribution in [2.75, 3.05) is 11.4 Å². The summed E-state index contributed by atoms with van der Waals surface area (Å²) in [6.45, 7) is 3.62. The van der Waals surface area contributed by atoms with Crippen LogP contribution in [0.4, 0.5) is 11.5 Å². The minimum Gasteiger partial charge on any atom is -0.481 e. The number of carboxylic acid groups (broad SMARTS) is 1. The van der Waals surface area contributed by atoms with Crippen LogP contribution in [0.1, 0.15) is 25.8 Å². The third-order valence-electron chi connectivity index (χ3n) is 2.67. The quantitative estimate of drug-likeness (QED) is 0.619. The largest absolute Gasteiger partial charge is 0.481 e. The fraction of sp³-hybridized carbons (Fsp3) is 0.417. The third-order valence-corrected chi connectivity index (χ3v) is 2.67. The topological polar surface area (TPSA) is 120 Å². The zero-order chi connectivity index (χ0) is 15.3. The van der Waals surface area contributed by atoms with E-state index in [4.69, 9.17) is 10.4 Å². The van der Waals surface area contributed by atoms with Gasteiger partial charge < -0.3 is 10.0 Å². The molecule has 8 heteroatoms. The van der Waals surface area contributed by atoms with E-state index in [1.807, 2.05) is 0 Å². The highest BCUT2D eigenvalue weighted by Gasteiger charge is 2.27. The Morgan fingerprint density at radius 1 is 1.65 bits per heavy atom. The van der Waals surface area contributed by atoms with Gasteiger partial charge in [-0.15, -0.1) is 0 Å². The molecule has 0 spiro atoms. The molecule has 1 aromatic rings. The summed E-state index contributed by atoms with van der Waals surface area (Å²) in [6.07, 6.45) is 1.13. The van der Waals surface area contributed by atoms with Crippen LogP contribution in [0.5, 0.6) is 0 Å². The Balaban J connectivity index is 3.30. The molecule has 0 aliphatic carbocycles. The molecule has 0 aromatic carbocycles. The van der Waals surface area contributed by atoms with Crippen molar-refractivity contribution in [2.24, 2.45) is 0 Å². The molecule has 0 aliphatic heterocycles. The van der Waals surface area contributed by atoms with E-state index in [9.17, 15) is 14.9 Å². The van der Waals surface area contributed by atoms with Crippen LogP contribution in [0.25, 0.3) is 0 Å². The van der Waals surface area contributed by atoms with Crippen LogP contribution < -0.4 is 4.90 Å². The standard InChI is InChI=1S/C12H14N4O4/c1-8(2)15(6-4-10(17)18)12-11(16(19)20)9(7-13)3-5-14-12/h3,5,8H,4,6H2,1-2H3,(H,17,18). The van der Waals surface area contributed by atoms with Crippen LogP contribution >= 0.6 is 0 Å². The summed E-state index contributed by atoms with van der Waals surface area (Å²) in [5.41, 5.74) is -0.491. The van der Waals surface area contributed by atoms with E-state index in [1.165, 1.54) is 17.2 Å². The highest BCUT2D eigenvalue weighted by Crippen LogP contribution is 2.30. The zero-order valence-electron chi connectivity index (χ0n) is 11.1. The van der Waals surface area contributed by atoms with Crippen LogP contribution in [0.3, 0.4) is 0 Å². The summed E-state index contributed by atoms with van der Waals surface area (Å²) in [5, 5.41) is 28.8. The number of aromatic nitrogens is 1. The van der Waals surface area contributed by atoms with E-state index in [-0.39, 0.29) is 30.4 Å². The van der Waals surface area contributed by atoms with Crippen molar-refractivity contribution >= 4 is 17.5 Å². The Hall–Kier alpha value is -2.69. The maximum atomic E-state index is 11.1. The van der Waals surface area contributed by atoms with E-state index < -0.39 is 16.6 Å². The number of carboxylic acids is 1. The smallest absolute Gasteiger partial charge is 0.329 e. The molecule has 1 heterocycles. The molecule has 0 bridgehead atoms. The first-order chi connectivity index (χ1) is 9.38. The normalized spacial score (nSPS) is 10.1. The number of nitriles is 1. The zero-order valence-corrected chi connectivity index (χ0v) is 11.1. The van der Waals surface area contributed by atoms with E-state index >= 15 is 0 Å². The van der Waals surface area contributed by atoms with E-state index in [0.29, 0.717) is 0 Å². The van der Waals surface area contributed by atoms with Gasteiger partial charge in [0.1, 0.15) is 11.6 Å². The minimum absolute atomic E-state index is 0.0188. The van der Waals surface area contributed by atoms with Gasteiger partial charge >= 0.3 is 11.7 Å². The van der Waals surface area contributed by atoms with Crippen molar-refractivity contribution in [2.45, 2.75) is 26.3 Å². The number of carbonyl (C=O) groups is 1. The molecule has 0 unspecified atom stereocenters. The molecule has 0 aliphatic rings. The van der Waals surface area contributed by atoms with E-state index in [1.54, 1.807) is 19.9 Å². The number of anilines is 1. The molecule has 8 nitrogen and oxygen atoms in total. The van der Waals surface area contributed by atoms with Gasteiger partial charge in [0.15, 0.2) is 0 Å². The lowest BCUT2D eigenvalue weighted by Crippen LogP contribution is -2.34. The summed E-state index contributed by atoms with van der Waals surface area (Å²) < 4.78 is 0. The van der Waals surface area contributed by atoms with Gasteiger partial charge in [0.05, 0.1) is 11.3 Å². The highest BCUT2D eigenvalue weighted by atomic mass is 16.6. The van der Waals surface area contributed by atoms with Crippen molar-refractivity contribution in [1.29, 1.82) is 5.26 Å². The van der Waals surface area contributed by atoms with Gasteiger partial charge in [-0.3, -0.25) is 14.9 Å². The maximum absolute atomic E-state index is 11.1. The van der Waals surface area contributed by atoms with Gasteiger partial charge in [-0.1, -0.05) is 0 Å². The van der Waals surface area contributed by atoms with Crippen molar-refractivity contribution in [1.82, 2.24) is 4.98 Å². The number of nitro groups is 1. The number of pyridine rings is 1. The van der Waals surface area contributed by atoms with Crippen molar-refractivity contribution in [3.8, 4) is 6.07 Å². The summed E-state index contributed by atoms with van der Waals surface area (Å²) in [6, 6.07) is 2.83. The average molecular weight is 278 g/mol. The number of nitrogens with zero attached hydrogens (tertiary/aromatic N) is 4. The predicted molar refractivity (Wildman–Crippen MR) is 70.3 cm³/mol. The predicted octanol–water partition coefficient (Wildman–Crippen LogP) is 1.55. The number of hydrogen-bond acceptors (Lipinski definition) is 6. The molecule has 20 heavy (non-hydrogen) atoms. The van der Waals surface area contributed by atoms with Gasteiger partial charge in [-0.2, -0.15) is 5.26 Å². The van der Waals surface area contributed by atoms with Crippen LogP contribution in [0, 0.1) is 21.4 Å². The molecular formula is C12H14N4O4. The van der Waals surface area contributed by atoms with Crippen molar-refractivity contribution in [3.63, 3.8) is 0 Å². The van der Waals surface area contributed by atoms with E-state index in [2.05, 4.69) is 4.98 Å². The summed E-state index contributed by atoms with van der Waals surface area (Å²) in [5.74, 6) is -0.986. The Morgan fingerprint density at radius 3 is 2.75 bits per heavy atom. The first-order valence-electron chi connectivity index (χ1n) is 5.90. The van der Waals surface area contributed by atoms with Gasteiger partial charge in [0.2, 0.25) is 5.82 Å². The number of hydrogen-bond donors (Lipinski definition) is 1. The van der Waals surface area contributed by atoms with Crippen LogP contribution in [-0.2, 0) is 4.79 Å². The fourth-order valence-corrected chi connectivity index (χ4v) is 1.75. The average Bonchev–Trinajstić information content (AvgIpc) is 2.37. The first-order valence-corrected chi connectivity index (χ1v) is 5.90. The van der Waals surface area contributed by atoms with Crippen molar-refractivity contribution < 1.29 is 14.8 Å². The molecular weight excluding hydrogens is 264 g/mol. The summed E-state index contributed by atoms with van der Waals surface area (Å²) in [4.78, 5) is 26.6. The monoisotopic (exact) mass is 278 g/mol. The Bertz CT molecular complexity index is 565. The molecule has 0 radical (unpaired) electrons. The Kier molecular flexibility index (Phi) is 4.97. The van der Waals surface area contributed by atoms with Crippen LogP contribution in [0.2, 0.25) is 0 Å². The lowest BCUT2D eigenvalue weighted by atomic mass is 10.2. The molecule has 0 fully saturated rings. The highest BCUT2D eigenvalue weighted by molar-refractivity contribution is 5.69. The van der Waals surface area contributed by atoms with Crippen molar-refractivity contribution in [3.05, 3.63) is 27.9 Å². The second kappa shape index (κ2) is 6.47. The van der Waals surface area contributed by atoms with Gasteiger partial charge in [0.25, 0.3) is 0 Å². The second-order valence-corrected chi connectivity index (χ2v) is 4.33. The molecule has 0 atom stereocenters. The lowest BCUT2D eigenvalue weighted by Gasteiger charge is -2.26. The number of aliphatic carboxylic acids is 1. The molecule has 0 saturated carbocycles. The third kappa shape index (κ3) is 3.41. The van der Waals surface area contributed by atoms with Gasteiger partial charge in [-0.05, 0) is 19.9 Å². The molecule has 1 aromatic heterocycles. The molecule has 1 rings (SSSR count). The lowest BCUT2D eigenvalue weighted by molar-refractivity contribution is -0.384. The molecule has 0 saturated heterocycles. The minimum atomic E-state index is -1.00. The van der Waals surface area contributed by atoms with E-state index in [0.717, 1.165) is 0 Å². The van der Waals surface area contributed by atoms with Crippen LogP contribution in [-0.4, -0.2) is 33.6 Å². The second-order valence-electron chi connectivity index (χ2n) is 4.33. The molecule has 106 valence electrons. The van der Waals surface area contributed by atoms with Crippen LogP contribution in [0.15, 0.2) is 12.3 Å². The molecule has 0 amide bonds. The maximum Gasteiger partial charge on any atom is 0.329 e. The molecule has 1 N–H and O–H groups in total. The van der Waals surface area contributed by atoms with Gasteiger partial charge in [-0.25, -0.2) is 4.98 Å². The fourth-order valence-electron chi connectivity index (χ4n) is 1.75. The summed E-state index contributed by atoms with van der Waals surface area (Å²) in [7, 11) is 0. The SMILES string of the molecule is CC(C)N(CCC(=O)O)c1nccc(C#N)c1[N+](=O)[O-]. The van der Waals surface area contributed by atoms with Gasteiger partial charge in [0, 0.05) is 18.8 Å². The first kappa shape index (κ1) is 15.4. The summed E-state index contributed by atoms with van der Waals surface area (Å²) >= 11 is 0. The Morgan fingerprint density at radius 2 is 2.30 bits per heavy atom. The Labute approximate surface area is 115 Å².